The highest BCUT2D eigenvalue weighted by atomic mass is 79.9. The molecule has 0 saturated carbocycles. The average Bonchev–Trinajstić information content (AvgIpc) is 2.09. The van der Waals surface area contributed by atoms with E-state index in [4.69, 9.17) is 4.74 Å². The lowest BCUT2D eigenvalue weighted by Gasteiger charge is -2.04. The molecule has 0 bridgehead atoms. The van der Waals surface area contributed by atoms with Gasteiger partial charge < -0.3 is 9.84 Å². The molecule has 1 aromatic rings. The van der Waals surface area contributed by atoms with Crippen LogP contribution in [-0.4, -0.2) is 12.2 Å². The Hall–Kier alpha value is -0.960. The smallest absolute Gasteiger partial charge is 0.165 e. The van der Waals surface area contributed by atoms with E-state index >= 15 is 0 Å². The topological polar surface area (TPSA) is 29.5 Å². The monoisotopic (exact) mass is 228 g/mol. The van der Waals surface area contributed by atoms with E-state index in [1.54, 1.807) is 23.2 Å². The van der Waals surface area contributed by atoms with Gasteiger partial charge in [-0.2, -0.15) is 0 Å². The summed E-state index contributed by atoms with van der Waals surface area (Å²) < 4.78 is 4.93. The molecule has 0 saturated heterocycles. The Balaban J connectivity index is 3.13. The number of halogens is 1. The SMILES string of the molecule is COc1cccc(/C=C/Br)c1O. The standard InChI is InChI=1S/C9H9BrO2/c1-12-8-4-2-3-7(5-6-10)9(8)11/h2-6,11H,1H3/b6-5+. The number of hydrogen-bond donors (Lipinski definition) is 1. The van der Waals surface area contributed by atoms with E-state index in [-0.39, 0.29) is 5.75 Å². The highest BCUT2D eigenvalue weighted by molar-refractivity contribution is 9.11. The molecule has 0 heterocycles. The number of benzene rings is 1. The summed E-state index contributed by atoms with van der Waals surface area (Å²) in [6.45, 7) is 0. The molecular formula is C9H9BrO2. The van der Waals surface area contributed by atoms with Gasteiger partial charge in [0.2, 0.25) is 0 Å². The van der Waals surface area contributed by atoms with Gasteiger partial charge in [-0.1, -0.05) is 28.1 Å². The number of phenols is 1. The summed E-state index contributed by atoms with van der Waals surface area (Å²) in [5.41, 5.74) is 0.728. The van der Waals surface area contributed by atoms with Gasteiger partial charge in [-0.25, -0.2) is 0 Å². The van der Waals surface area contributed by atoms with E-state index in [0.29, 0.717) is 5.75 Å². The van der Waals surface area contributed by atoms with Crippen molar-refractivity contribution in [3.8, 4) is 11.5 Å². The summed E-state index contributed by atoms with van der Waals surface area (Å²) in [4.78, 5) is 1.68. The van der Waals surface area contributed by atoms with Crippen molar-refractivity contribution in [1.82, 2.24) is 0 Å². The molecule has 0 fully saturated rings. The second-order valence-electron chi connectivity index (χ2n) is 2.19. The number of phenolic OH excluding ortho intramolecular Hbond substituents is 1. The van der Waals surface area contributed by atoms with Crippen LogP contribution in [0.1, 0.15) is 5.56 Å². The lowest BCUT2D eigenvalue weighted by atomic mass is 10.2. The lowest BCUT2D eigenvalue weighted by molar-refractivity contribution is 0.373. The number of aromatic hydroxyl groups is 1. The van der Waals surface area contributed by atoms with Crippen LogP contribution in [0.2, 0.25) is 0 Å². The Labute approximate surface area is 79.6 Å². The maximum absolute atomic E-state index is 9.52. The first-order valence-electron chi connectivity index (χ1n) is 3.42. The van der Waals surface area contributed by atoms with E-state index in [9.17, 15) is 5.11 Å². The van der Waals surface area contributed by atoms with Crippen molar-refractivity contribution in [3.63, 3.8) is 0 Å². The molecule has 0 atom stereocenters. The predicted octanol–water partition coefficient (Wildman–Crippen LogP) is 2.77. The maximum Gasteiger partial charge on any atom is 0.165 e. The molecule has 1 N–H and O–H groups in total. The Morgan fingerprint density at radius 2 is 2.25 bits per heavy atom. The van der Waals surface area contributed by atoms with E-state index in [0.717, 1.165) is 5.56 Å². The molecule has 0 radical (unpaired) electrons. The van der Waals surface area contributed by atoms with Gasteiger partial charge in [0.15, 0.2) is 11.5 Å². The van der Waals surface area contributed by atoms with Crippen molar-refractivity contribution in [3.05, 3.63) is 28.7 Å². The van der Waals surface area contributed by atoms with Gasteiger partial charge in [-0.3, -0.25) is 0 Å². The van der Waals surface area contributed by atoms with Gasteiger partial charge in [-0.05, 0) is 17.1 Å². The minimum Gasteiger partial charge on any atom is -0.504 e. The van der Waals surface area contributed by atoms with Crippen LogP contribution < -0.4 is 4.74 Å². The van der Waals surface area contributed by atoms with Crippen LogP contribution >= 0.6 is 15.9 Å². The fraction of sp³-hybridized carbons (Fsp3) is 0.111. The number of para-hydroxylation sites is 1. The van der Waals surface area contributed by atoms with Crippen LogP contribution in [0.5, 0.6) is 11.5 Å². The van der Waals surface area contributed by atoms with E-state index in [1.807, 2.05) is 6.07 Å². The van der Waals surface area contributed by atoms with E-state index in [1.165, 1.54) is 7.11 Å². The van der Waals surface area contributed by atoms with E-state index in [2.05, 4.69) is 15.9 Å². The summed E-state index contributed by atoms with van der Waals surface area (Å²) in [6.07, 6.45) is 1.75. The molecule has 0 unspecified atom stereocenters. The lowest BCUT2D eigenvalue weighted by Crippen LogP contribution is -1.84. The number of methoxy groups -OCH3 is 1. The molecule has 0 aromatic heterocycles. The summed E-state index contributed by atoms with van der Waals surface area (Å²) >= 11 is 3.13. The Morgan fingerprint density at radius 1 is 1.50 bits per heavy atom. The quantitative estimate of drug-likeness (QED) is 0.844. The van der Waals surface area contributed by atoms with E-state index < -0.39 is 0 Å². The number of ether oxygens (including phenoxy) is 1. The van der Waals surface area contributed by atoms with Crippen molar-refractivity contribution in [2.24, 2.45) is 0 Å². The third-order valence-corrected chi connectivity index (χ3v) is 1.76. The molecular weight excluding hydrogens is 220 g/mol. The van der Waals surface area contributed by atoms with Crippen LogP contribution in [0.15, 0.2) is 23.2 Å². The normalized spacial score (nSPS) is 10.5. The summed E-state index contributed by atoms with van der Waals surface area (Å²) in [5, 5.41) is 9.52. The van der Waals surface area contributed by atoms with Gasteiger partial charge in [-0.15, -0.1) is 0 Å². The molecule has 0 aliphatic rings. The van der Waals surface area contributed by atoms with Crippen LogP contribution in [0.4, 0.5) is 0 Å². The zero-order valence-corrected chi connectivity index (χ0v) is 8.21. The first kappa shape index (κ1) is 9.13. The predicted molar refractivity (Wildman–Crippen MR) is 52.6 cm³/mol. The Kier molecular flexibility index (Phi) is 3.17. The fourth-order valence-corrected chi connectivity index (χ4v) is 1.19. The zero-order valence-electron chi connectivity index (χ0n) is 6.62. The van der Waals surface area contributed by atoms with Gasteiger partial charge in [0, 0.05) is 5.56 Å². The largest absolute Gasteiger partial charge is 0.504 e. The third-order valence-electron chi connectivity index (χ3n) is 1.49. The molecule has 64 valence electrons. The minimum absolute atomic E-state index is 0.163. The highest BCUT2D eigenvalue weighted by Crippen LogP contribution is 2.30. The van der Waals surface area contributed by atoms with Crippen LogP contribution in [0.25, 0.3) is 6.08 Å². The molecule has 0 spiro atoms. The molecule has 0 amide bonds. The van der Waals surface area contributed by atoms with Crippen molar-refractivity contribution >= 4 is 22.0 Å². The van der Waals surface area contributed by atoms with Gasteiger partial charge in [0.1, 0.15) is 0 Å². The van der Waals surface area contributed by atoms with Crippen molar-refractivity contribution in [1.29, 1.82) is 0 Å². The summed E-state index contributed by atoms with van der Waals surface area (Å²) in [5.74, 6) is 0.647. The highest BCUT2D eigenvalue weighted by Gasteiger charge is 2.02. The van der Waals surface area contributed by atoms with Gasteiger partial charge >= 0.3 is 0 Å². The Bertz CT molecular complexity index is 295. The third kappa shape index (κ3) is 1.80. The van der Waals surface area contributed by atoms with Crippen molar-refractivity contribution < 1.29 is 9.84 Å². The molecule has 0 aliphatic carbocycles. The van der Waals surface area contributed by atoms with Gasteiger partial charge in [0.25, 0.3) is 0 Å². The maximum atomic E-state index is 9.52. The van der Waals surface area contributed by atoms with Gasteiger partial charge in [0.05, 0.1) is 7.11 Å². The molecule has 1 rings (SSSR count). The molecule has 1 aromatic carbocycles. The number of hydrogen-bond acceptors (Lipinski definition) is 2. The molecule has 12 heavy (non-hydrogen) atoms. The Morgan fingerprint density at radius 3 is 2.83 bits per heavy atom. The second kappa shape index (κ2) is 4.16. The summed E-state index contributed by atoms with van der Waals surface area (Å²) in [6, 6.07) is 5.33. The van der Waals surface area contributed by atoms with Crippen LogP contribution in [0, 0.1) is 0 Å². The molecule has 3 heteroatoms. The van der Waals surface area contributed by atoms with Crippen LogP contribution in [0.3, 0.4) is 0 Å². The number of rotatable bonds is 2. The fourth-order valence-electron chi connectivity index (χ4n) is 0.906. The first-order chi connectivity index (χ1) is 5.79. The second-order valence-corrected chi connectivity index (χ2v) is 2.72. The first-order valence-corrected chi connectivity index (χ1v) is 4.34. The minimum atomic E-state index is 0.163. The summed E-state index contributed by atoms with van der Waals surface area (Å²) in [7, 11) is 1.52. The zero-order chi connectivity index (χ0) is 8.97. The van der Waals surface area contributed by atoms with Crippen molar-refractivity contribution in [2.45, 2.75) is 0 Å². The van der Waals surface area contributed by atoms with Crippen LogP contribution in [-0.2, 0) is 0 Å². The molecule has 0 aliphatic heterocycles. The van der Waals surface area contributed by atoms with Crippen molar-refractivity contribution in [2.75, 3.05) is 7.11 Å². The molecule has 2 nitrogen and oxygen atoms in total. The average molecular weight is 229 g/mol.